The molecule has 132 valence electrons. The lowest BCUT2D eigenvalue weighted by atomic mass is 10.2. The van der Waals surface area contributed by atoms with E-state index >= 15 is 0 Å². The largest absolute Gasteiger partial charge is 0.366 e. The third-order valence-electron chi connectivity index (χ3n) is 3.75. The molecule has 0 aliphatic carbocycles. The Balaban J connectivity index is 1.88. The fourth-order valence-electron chi connectivity index (χ4n) is 2.39. The highest BCUT2D eigenvalue weighted by atomic mass is 16.1. The van der Waals surface area contributed by atoms with E-state index in [1.54, 1.807) is 18.5 Å². The molecule has 0 atom stereocenters. The number of hydrogen-bond acceptors (Lipinski definition) is 5. The lowest BCUT2D eigenvalue weighted by Gasteiger charge is -2.10. The summed E-state index contributed by atoms with van der Waals surface area (Å²) < 4.78 is 0. The Labute approximate surface area is 152 Å². The van der Waals surface area contributed by atoms with Crippen LogP contribution in [0.4, 0.5) is 5.82 Å². The van der Waals surface area contributed by atoms with E-state index in [0.29, 0.717) is 30.4 Å². The molecule has 0 radical (unpaired) electrons. The standard InChI is InChI=1S/C20H21N5O/c1-2-10-22-20(26)17-13-18(23-14-15-8-11-21-12-9-15)25-19(24-17)16-6-4-3-5-7-16/h3-9,11-13H,2,10,14H2,1H3,(H,22,26)(H,23,24,25). The van der Waals surface area contributed by atoms with Gasteiger partial charge in [0.15, 0.2) is 5.82 Å². The second kappa shape index (κ2) is 8.71. The maximum atomic E-state index is 12.4. The molecule has 3 rings (SSSR count). The predicted molar refractivity (Wildman–Crippen MR) is 102 cm³/mol. The molecule has 0 saturated heterocycles. The number of pyridine rings is 1. The van der Waals surface area contributed by atoms with Gasteiger partial charge in [-0.05, 0) is 24.1 Å². The number of nitrogens with one attached hydrogen (secondary N) is 2. The van der Waals surface area contributed by atoms with Crippen LogP contribution < -0.4 is 10.6 Å². The second-order valence-electron chi connectivity index (χ2n) is 5.79. The lowest BCUT2D eigenvalue weighted by Crippen LogP contribution is -2.25. The van der Waals surface area contributed by atoms with Crippen molar-refractivity contribution < 1.29 is 4.79 Å². The Morgan fingerprint density at radius 3 is 2.54 bits per heavy atom. The van der Waals surface area contributed by atoms with Gasteiger partial charge in [-0.2, -0.15) is 0 Å². The van der Waals surface area contributed by atoms with Gasteiger partial charge in [0.05, 0.1) is 0 Å². The molecule has 1 aromatic carbocycles. The van der Waals surface area contributed by atoms with Crippen molar-refractivity contribution in [3.8, 4) is 11.4 Å². The van der Waals surface area contributed by atoms with Crippen LogP contribution in [-0.4, -0.2) is 27.4 Å². The highest BCUT2D eigenvalue weighted by Crippen LogP contribution is 2.18. The van der Waals surface area contributed by atoms with Crippen molar-refractivity contribution in [2.24, 2.45) is 0 Å². The van der Waals surface area contributed by atoms with Gasteiger partial charge in [0.1, 0.15) is 11.5 Å². The summed E-state index contributed by atoms with van der Waals surface area (Å²) in [5, 5.41) is 6.13. The maximum Gasteiger partial charge on any atom is 0.270 e. The van der Waals surface area contributed by atoms with E-state index in [4.69, 9.17) is 0 Å². The van der Waals surface area contributed by atoms with Crippen LogP contribution in [0, 0.1) is 0 Å². The number of aromatic nitrogens is 3. The van der Waals surface area contributed by atoms with E-state index in [0.717, 1.165) is 17.5 Å². The summed E-state index contributed by atoms with van der Waals surface area (Å²) in [6.45, 7) is 3.21. The van der Waals surface area contributed by atoms with Gasteiger partial charge >= 0.3 is 0 Å². The number of carbonyl (C=O) groups is 1. The zero-order valence-electron chi connectivity index (χ0n) is 14.6. The van der Waals surface area contributed by atoms with Crippen LogP contribution in [-0.2, 0) is 6.54 Å². The predicted octanol–water partition coefficient (Wildman–Crippen LogP) is 3.29. The highest BCUT2D eigenvalue weighted by Gasteiger charge is 2.12. The van der Waals surface area contributed by atoms with E-state index < -0.39 is 0 Å². The Morgan fingerprint density at radius 1 is 1.04 bits per heavy atom. The average molecular weight is 347 g/mol. The van der Waals surface area contributed by atoms with Crippen LogP contribution in [0.3, 0.4) is 0 Å². The third-order valence-corrected chi connectivity index (χ3v) is 3.75. The van der Waals surface area contributed by atoms with Crippen molar-refractivity contribution in [3.05, 3.63) is 72.2 Å². The summed E-state index contributed by atoms with van der Waals surface area (Å²) in [4.78, 5) is 25.4. The van der Waals surface area contributed by atoms with E-state index in [2.05, 4.69) is 25.6 Å². The van der Waals surface area contributed by atoms with Crippen molar-refractivity contribution in [2.75, 3.05) is 11.9 Å². The molecule has 6 nitrogen and oxygen atoms in total. The molecule has 6 heteroatoms. The minimum Gasteiger partial charge on any atom is -0.366 e. The number of benzene rings is 1. The SMILES string of the molecule is CCCNC(=O)c1cc(NCc2ccncc2)nc(-c2ccccc2)n1. The fraction of sp³-hybridized carbons (Fsp3) is 0.200. The topological polar surface area (TPSA) is 79.8 Å². The van der Waals surface area contributed by atoms with E-state index in [1.165, 1.54) is 0 Å². The van der Waals surface area contributed by atoms with Gasteiger partial charge < -0.3 is 10.6 Å². The quantitative estimate of drug-likeness (QED) is 0.685. The first-order valence-electron chi connectivity index (χ1n) is 8.61. The molecule has 2 aromatic heterocycles. The van der Waals surface area contributed by atoms with Crippen LogP contribution in [0.25, 0.3) is 11.4 Å². The average Bonchev–Trinajstić information content (AvgIpc) is 2.71. The van der Waals surface area contributed by atoms with E-state index in [1.807, 2.05) is 49.4 Å². The number of rotatable bonds is 7. The van der Waals surface area contributed by atoms with Crippen molar-refractivity contribution in [1.29, 1.82) is 0 Å². The smallest absolute Gasteiger partial charge is 0.270 e. The number of carbonyl (C=O) groups excluding carboxylic acids is 1. The number of anilines is 1. The van der Waals surface area contributed by atoms with Gasteiger partial charge in [0.2, 0.25) is 0 Å². The summed E-state index contributed by atoms with van der Waals surface area (Å²) in [6.07, 6.45) is 4.36. The Morgan fingerprint density at radius 2 is 1.81 bits per heavy atom. The van der Waals surface area contributed by atoms with Gasteiger partial charge in [-0.3, -0.25) is 9.78 Å². The molecular weight excluding hydrogens is 326 g/mol. The van der Waals surface area contributed by atoms with Crippen molar-refractivity contribution in [1.82, 2.24) is 20.3 Å². The lowest BCUT2D eigenvalue weighted by molar-refractivity contribution is 0.0948. The summed E-state index contributed by atoms with van der Waals surface area (Å²) in [5.41, 5.74) is 2.30. The summed E-state index contributed by atoms with van der Waals surface area (Å²) in [5.74, 6) is 0.933. The van der Waals surface area contributed by atoms with Crippen LogP contribution in [0.1, 0.15) is 29.4 Å². The van der Waals surface area contributed by atoms with Gasteiger partial charge in [-0.25, -0.2) is 9.97 Å². The fourth-order valence-corrected chi connectivity index (χ4v) is 2.39. The van der Waals surface area contributed by atoms with Crippen molar-refractivity contribution >= 4 is 11.7 Å². The molecule has 0 aliphatic heterocycles. The molecule has 0 fully saturated rings. The Hall–Kier alpha value is -3.28. The van der Waals surface area contributed by atoms with E-state index in [9.17, 15) is 4.79 Å². The number of amides is 1. The minimum atomic E-state index is -0.196. The summed E-state index contributed by atoms with van der Waals surface area (Å²) >= 11 is 0. The Bertz CT molecular complexity index is 853. The monoisotopic (exact) mass is 347 g/mol. The highest BCUT2D eigenvalue weighted by molar-refractivity contribution is 5.93. The molecule has 3 aromatic rings. The zero-order chi connectivity index (χ0) is 18.2. The van der Waals surface area contributed by atoms with Gasteiger partial charge in [-0.1, -0.05) is 37.3 Å². The number of nitrogens with zero attached hydrogens (tertiary/aromatic N) is 3. The second-order valence-corrected chi connectivity index (χ2v) is 5.79. The molecule has 0 bridgehead atoms. The first kappa shape index (κ1) is 17.5. The van der Waals surface area contributed by atoms with Crippen LogP contribution >= 0.6 is 0 Å². The van der Waals surface area contributed by atoms with Gasteiger partial charge in [0, 0.05) is 37.1 Å². The van der Waals surface area contributed by atoms with Crippen molar-refractivity contribution in [3.63, 3.8) is 0 Å². The van der Waals surface area contributed by atoms with Crippen LogP contribution in [0.5, 0.6) is 0 Å². The first-order chi connectivity index (χ1) is 12.8. The van der Waals surface area contributed by atoms with Crippen molar-refractivity contribution in [2.45, 2.75) is 19.9 Å². The number of hydrogen-bond donors (Lipinski definition) is 2. The van der Waals surface area contributed by atoms with Gasteiger partial charge in [-0.15, -0.1) is 0 Å². The molecular formula is C20H21N5O. The van der Waals surface area contributed by atoms with Crippen LogP contribution in [0.2, 0.25) is 0 Å². The summed E-state index contributed by atoms with van der Waals surface area (Å²) in [6, 6.07) is 15.2. The molecule has 0 aliphatic rings. The first-order valence-corrected chi connectivity index (χ1v) is 8.61. The van der Waals surface area contributed by atoms with Crippen LogP contribution in [0.15, 0.2) is 60.9 Å². The molecule has 2 N–H and O–H groups in total. The molecule has 0 spiro atoms. The molecule has 26 heavy (non-hydrogen) atoms. The molecule has 0 unspecified atom stereocenters. The molecule has 1 amide bonds. The normalized spacial score (nSPS) is 10.3. The molecule has 2 heterocycles. The van der Waals surface area contributed by atoms with Gasteiger partial charge in [0.25, 0.3) is 5.91 Å². The maximum absolute atomic E-state index is 12.4. The molecule has 0 saturated carbocycles. The minimum absolute atomic E-state index is 0.196. The zero-order valence-corrected chi connectivity index (χ0v) is 14.6. The summed E-state index contributed by atoms with van der Waals surface area (Å²) in [7, 11) is 0. The van der Waals surface area contributed by atoms with E-state index in [-0.39, 0.29) is 5.91 Å². The third kappa shape index (κ3) is 4.63. The Kier molecular flexibility index (Phi) is 5.88.